The van der Waals surface area contributed by atoms with E-state index in [2.05, 4.69) is 45.2 Å². The lowest BCUT2D eigenvalue weighted by molar-refractivity contribution is 0.322. The van der Waals surface area contributed by atoms with Crippen molar-refractivity contribution in [2.75, 3.05) is 13.6 Å². The lowest BCUT2D eigenvalue weighted by atomic mass is 10.3. The first-order valence-corrected chi connectivity index (χ1v) is 6.61. The molecule has 0 radical (unpaired) electrons. The number of rotatable bonds is 5. The number of halogens is 1. The molecule has 1 rings (SSSR count). The second kappa shape index (κ2) is 5.83. The zero-order valence-electron chi connectivity index (χ0n) is 8.96. The molecule has 1 atom stereocenters. The first-order chi connectivity index (χ1) is 6.58. The standard InChI is InChI=1S/C10H17BrN2S/c1-8(11)4-5-13(3)6-10-12-9(2)7-14-10/h7-8H,4-6H2,1-3H3. The Kier molecular flexibility index (Phi) is 5.06. The summed E-state index contributed by atoms with van der Waals surface area (Å²) in [5, 5.41) is 3.32. The van der Waals surface area contributed by atoms with E-state index in [1.165, 1.54) is 11.4 Å². The van der Waals surface area contributed by atoms with Crippen molar-refractivity contribution in [1.29, 1.82) is 0 Å². The number of aromatic nitrogens is 1. The average molecular weight is 277 g/mol. The van der Waals surface area contributed by atoms with Crippen molar-refractivity contribution in [3.05, 3.63) is 16.1 Å². The Bertz CT molecular complexity index is 273. The van der Waals surface area contributed by atoms with Crippen molar-refractivity contribution in [1.82, 2.24) is 9.88 Å². The summed E-state index contributed by atoms with van der Waals surface area (Å²) in [5.74, 6) is 0. The molecule has 0 fully saturated rings. The van der Waals surface area contributed by atoms with Crippen molar-refractivity contribution in [3.8, 4) is 0 Å². The van der Waals surface area contributed by atoms with Crippen LogP contribution in [0.25, 0.3) is 0 Å². The van der Waals surface area contributed by atoms with Crippen molar-refractivity contribution < 1.29 is 0 Å². The van der Waals surface area contributed by atoms with Gasteiger partial charge in [-0.3, -0.25) is 4.90 Å². The van der Waals surface area contributed by atoms with E-state index in [0.29, 0.717) is 4.83 Å². The van der Waals surface area contributed by atoms with Crippen LogP contribution in [0.4, 0.5) is 0 Å². The molecule has 4 heteroatoms. The number of nitrogens with zero attached hydrogens (tertiary/aromatic N) is 2. The van der Waals surface area contributed by atoms with Gasteiger partial charge >= 0.3 is 0 Å². The van der Waals surface area contributed by atoms with E-state index < -0.39 is 0 Å². The maximum atomic E-state index is 4.44. The molecule has 0 N–H and O–H groups in total. The van der Waals surface area contributed by atoms with Crippen LogP contribution in [0.15, 0.2) is 5.38 Å². The van der Waals surface area contributed by atoms with Gasteiger partial charge in [0, 0.05) is 15.9 Å². The van der Waals surface area contributed by atoms with Crippen LogP contribution in [0.5, 0.6) is 0 Å². The summed E-state index contributed by atoms with van der Waals surface area (Å²) in [7, 11) is 2.14. The van der Waals surface area contributed by atoms with E-state index >= 15 is 0 Å². The molecule has 0 aliphatic rings. The van der Waals surface area contributed by atoms with Gasteiger partial charge in [-0.25, -0.2) is 4.98 Å². The van der Waals surface area contributed by atoms with Crippen molar-refractivity contribution >= 4 is 27.3 Å². The molecule has 1 unspecified atom stereocenters. The molecule has 80 valence electrons. The lowest BCUT2D eigenvalue weighted by Gasteiger charge is -2.15. The van der Waals surface area contributed by atoms with Gasteiger partial charge in [0.15, 0.2) is 0 Å². The summed E-state index contributed by atoms with van der Waals surface area (Å²) in [5.41, 5.74) is 1.13. The smallest absolute Gasteiger partial charge is 0.107 e. The highest BCUT2D eigenvalue weighted by Gasteiger charge is 2.04. The minimum Gasteiger partial charge on any atom is -0.300 e. The van der Waals surface area contributed by atoms with Crippen LogP contribution in [-0.4, -0.2) is 28.3 Å². The molecule has 1 heterocycles. The molecular formula is C10H17BrN2S. The normalized spacial score (nSPS) is 13.5. The van der Waals surface area contributed by atoms with Crippen molar-refractivity contribution in [2.45, 2.75) is 31.6 Å². The van der Waals surface area contributed by atoms with Gasteiger partial charge in [-0.1, -0.05) is 22.9 Å². The third-order valence-corrected chi connectivity index (χ3v) is 3.39. The van der Waals surface area contributed by atoms with E-state index in [0.717, 1.165) is 18.8 Å². The quantitative estimate of drug-likeness (QED) is 0.769. The maximum Gasteiger partial charge on any atom is 0.107 e. The molecule has 0 spiro atoms. The zero-order chi connectivity index (χ0) is 10.6. The van der Waals surface area contributed by atoms with Crippen LogP contribution in [-0.2, 0) is 6.54 Å². The summed E-state index contributed by atoms with van der Waals surface area (Å²) in [6, 6.07) is 0. The molecular weight excluding hydrogens is 260 g/mol. The summed E-state index contributed by atoms with van der Waals surface area (Å²) in [6.07, 6.45) is 1.18. The minimum absolute atomic E-state index is 0.600. The molecule has 0 aromatic carbocycles. The molecule has 14 heavy (non-hydrogen) atoms. The van der Waals surface area contributed by atoms with Gasteiger partial charge in [0.25, 0.3) is 0 Å². The summed E-state index contributed by atoms with van der Waals surface area (Å²) in [4.78, 5) is 7.36. The van der Waals surface area contributed by atoms with E-state index in [1.807, 2.05) is 6.92 Å². The van der Waals surface area contributed by atoms with Crippen LogP contribution in [0.2, 0.25) is 0 Å². The van der Waals surface area contributed by atoms with Crippen LogP contribution < -0.4 is 0 Å². The molecule has 0 bridgehead atoms. The Morgan fingerprint density at radius 3 is 2.86 bits per heavy atom. The number of alkyl halides is 1. The van der Waals surface area contributed by atoms with E-state index in [-0.39, 0.29) is 0 Å². The molecule has 2 nitrogen and oxygen atoms in total. The van der Waals surface area contributed by atoms with Gasteiger partial charge in [-0.15, -0.1) is 11.3 Å². The fourth-order valence-corrected chi connectivity index (χ4v) is 2.24. The Labute approximate surface area is 98.5 Å². The Morgan fingerprint density at radius 1 is 1.64 bits per heavy atom. The molecule has 1 aromatic rings. The monoisotopic (exact) mass is 276 g/mol. The third kappa shape index (κ3) is 4.53. The van der Waals surface area contributed by atoms with Crippen molar-refractivity contribution in [3.63, 3.8) is 0 Å². The Hall–Kier alpha value is 0.0700. The summed E-state index contributed by atoms with van der Waals surface area (Å²) in [6.45, 7) is 6.31. The fourth-order valence-electron chi connectivity index (χ4n) is 1.18. The molecule has 0 saturated carbocycles. The highest BCUT2D eigenvalue weighted by molar-refractivity contribution is 9.09. The second-order valence-corrected chi connectivity index (χ2v) is 6.20. The average Bonchev–Trinajstić information content (AvgIpc) is 2.48. The maximum absolute atomic E-state index is 4.44. The zero-order valence-corrected chi connectivity index (χ0v) is 11.4. The summed E-state index contributed by atoms with van der Waals surface area (Å²) < 4.78 is 0. The highest BCUT2D eigenvalue weighted by Crippen LogP contribution is 2.11. The van der Waals surface area contributed by atoms with Gasteiger partial charge in [-0.2, -0.15) is 0 Å². The molecule has 0 saturated heterocycles. The van der Waals surface area contributed by atoms with Crippen LogP contribution in [0.1, 0.15) is 24.0 Å². The van der Waals surface area contributed by atoms with Gasteiger partial charge in [0.1, 0.15) is 5.01 Å². The molecule has 1 aromatic heterocycles. The van der Waals surface area contributed by atoms with Gasteiger partial charge in [-0.05, 0) is 26.9 Å². The topological polar surface area (TPSA) is 16.1 Å². The Morgan fingerprint density at radius 2 is 2.36 bits per heavy atom. The van der Waals surface area contributed by atoms with Crippen molar-refractivity contribution in [2.24, 2.45) is 0 Å². The summed E-state index contributed by atoms with van der Waals surface area (Å²) >= 11 is 5.30. The number of thiazole rings is 1. The minimum atomic E-state index is 0.600. The Balaban J connectivity index is 2.30. The molecule has 0 aliphatic heterocycles. The van der Waals surface area contributed by atoms with E-state index in [4.69, 9.17) is 0 Å². The highest BCUT2D eigenvalue weighted by atomic mass is 79.9. The number of hydrogen-bond acceptors (Lipinski definition) is 3. The number of hydrogen-bond donors (Lipinski definition) is 0. The van der Waals surface area contributed by atoms with Gasteiger partial charge < -0.3 is 0 Å². The number of aryl methyl sites for hydroxylation is 1. The van der Waals surface area contributed by atoms with E-state index in [9.17, 15) is 0 Å². The van der Waals surface area contributed by atoms with Gasteiger partial charge in [0.05, 0.1) is 6.54 Å². The molecule has 0 amide bonds. The fraction of sp³-hybridized carbons (Fsp3) is 0.700. The van der Waals surface area contributed by atoms with Crippen LogP contribution in [0, 0.1) is 6.92 Å². The van der Waals surface area contributed by atoms with Gasteiger partial charge in [0.2, 0.25) is 0 Å². The molecule has 0 aliphatic carbocycles. The van der Waals surface area contributed by atoms with Crippen LogP contribution in [0.3, 0.4) is 0 Å². The second-order valence-electron chi connectivity index (χ2n) is 3.69. The first kappa shape index (κ1) is 12.1. The predicted octanol–water partition coefficient (Wildman–Crippen LogP) is 3.06. The van der Waals surface area contributed by atoms with E-state index in [1.54, 1.807) is 11.3 Å². The largest absolute Gasteiger partial charge is 0.300 e. The predicted molar refractivity (Wildman–Crippen MR) is 66.2 cm³/mol. The SMILES string of the molecule is Cc1csc(CN(C)CCC(C)Br)n1. The third-order valence-electron chi connectivity index (χ3n) is 1.98. The first-order valence-electron chi connectivity index (χ1n) is 4.81. The lowest BCUT2D eigenvalue weighted by Crippen LogP contribution is -2.20. The van der Waals surface area contributed by atoms with Crippen LogP contribution >= 0.6 is 27.3 Å².